The van der Waals surface area contributed by atoms with E-state index in [1.807, 2.05) is 0 Å². The average Bonchev–Trinajstić information content (AvgIpc) is 2.84. The molecule has 5 atom stereocenters. The van der Waals surface area contributed by atoms with Crippen molar-refractivity contribution in [1.82, 2.24) is 10.2 Å². The van der Waals surface area contributed by atoms with E-state index in [0.29, 0.717) is 24.3 Å². The summed E-state index contributed by atoms with van der Waals surface area (Å²) >= 11 is 0. The number of likely N-dealkylation sites (tertiary alicyclic amines) is 1. The lowest BCUT2D eigenvalue weighted by Gasteiger charge is -2.38. The molecule has 92 valence electrons. The zero-order chi connectivity index (χ0) is 11.1. The third kappa shape index (κ3) is 2.01. The SMILES string of the molecule is CC1CN(C)CCC1NC1CC2CCC1O2. The predicted octanol–water partition coefficient (Wildman–Crippen LogP) is 1.24. The van der Waals surface area contributed by atoms with Crippen LogP contribution < -0.4 is 5.32 Å². The Kier molecular flexibility index (Phi) is 2.94. The minimum Gasteiger partial charge on any atom is -0.373 e. The Hall–Kier alpha value is -0.120. The van der Waals surface area contributed by atoms with Crippen molar-refractivity contribution in [2.24, 2.45) is 5.92 Å². The third-order valence-electron chi connectivity index (χ3n) is 4.64. The molecule has 3 saturated heterocycles. The van der Waals surface area contributed by atoms with Gasteiger partial charge < -0.3 is 15.0 Å². The van der Waals surface area contributed by atoms with Crippen LogP contribution in [0.1, 0.15) is 32.6 Å². The zero-order valence-corrected chi connectivity index (χ0v) is 10.5. The maximum absolute atomic E-state index is 5.91. The largest absolute Gasteiger partial charge is 0.373 e. The van der Waals surface area contributed by atoms with Crippen molar-refractivity contribution >= 4 is 0 Å². The predicted molar refractivity (Wildman–Crippen MR) is 64.5 cm³/mol. The van der Waals surface area contributed by atoms with Crippen LogP contribution in [0, 0.1) is 5.92 Å². The van der Waals surface area contributed by atoms with Gasteiger partial charge in [-0.1, -0.05) is 6.92 Å². The van der Waals surface area contributed by atoms with Gasteiger partial charge in [0.05, 0.1) is 12.2 Å². The Morgan fingerprint density at radius 1 is 1.19 bits per heavy atom. The highest BCUT2D eigenvalue weighted by Crippen LogP contribution is 2.35. The number of rotatable bonds is 2. The molecule has 0 spiro atoms. The van der Waals surface area contributed by atoms with Crippen LogP contribution >= 0.6 is 0 Å². The number of nitrogens with zero attached hydrogens (tertiary/aromatic N) is 1. The van der Waals surface area contributed by atoms with E-state index < -0.39 is 0 Å². The Bertz CT molecular complexity index is 258. The molecule has 0 radical (unpaired) electrons. The van der Waals surface area contributed by atoms with Gasteiger partial charge in [-0.05, 0) is 45.2 Å². The highest BCUT2D eigenvalue weighted by molar-refractivity contribution is 4.96. The first-order chi connectivity index (χ1) is 7.72. The molecule has 3 heterocycles. The molecule has 1 N–H and O–H groups in total. The van der Waals surface area contributed by atoms with Crippen LogP contribution in [0.3, 0.4) is 0 Å². The summed E-state index contributed by atoms with van der Waals surface area (Å²) in [5.74, 6) is 0.776. The standard InChI is InChI=1S/C13H24N2O/c1-9-8-15(2)6-5-11(9)14-12-7-10-3-4-13(12)16-10/h9-14H,3-8H2,1-2H3. The molecular formula is C13H24N2O. The molecule has 0 aliphatic carbocycles. The summed E-state index contributed by atoms with van der Waals surface area (Å²) in [6.45, 7) is 4.85. The zero-order valence-electron chi connectivity index (χ0n) is 10.5. The van der Waals surface area contributed by atoms with E-state index in [4.69, 9.17) is 4.74 Å². The van der Waals surface area contributed by atoms with E-state index in [1.54, 1.807) is 0 Å². The number of ether oxygens (including phenoxy) is 1. The van der Waals surface area contributed by atoms with E-state index in [1.165, 1.54) is 38.8 Å². The topological polar surface area (TPSA) is 24.5 Å². The van der Waals surface area contributed by atoms with Crippen molar-refractivity contribution in [1.29, 1.82) is 0 Å². The van der Waals surface area contributed by atoms with E-state index >= 15 is 0 Å². The molecule has 0 saturated carbocycles. The Labute approximate surface area is 98.5 Å². The summed E-state index contributed by atoms with van der Waals surface area (Å²) in [4.78, 5) is 2.44. The van der Waals surface area contributed by atoms with Crippen molar-refractivity contribution in [3.05, 3.63) is 0 Å². The molecule has 3 fully saturated rings. The van der Waals surface area contributed by atoms with Crippen molar-refractivity contribution in [2.75, 3.05) is 20.1 Å². The fourth-order valence-electron chi connectivity index (χ4n) is 3.69. The molecule has 16 heavy (non-hydrogen) atoms. The summed E-state index contributed by atoms with van der Waals surface area (Å²) in [6.07, 6.45) is 6.23. The number of fused-ring (bicyclic) bond motifs is 2. The molecule has 5 unspecified atom stereocenters. The first-order valence-electron chi connectivity index (χ1n) is 6.82. The second kappa shape index (κ2) is 4.28. The van der Waals surface area contributed by atoms with Gasteiger partial charge in [-0.15, -0.1) is 0 Å². The lowest BCUT2D eigenvalue weighted by atomic mass is 9.90. The smallest absolute Gasteiger partial charge is 0.0733 e. The summed E-state index contributed by atoms with van der Waals surface area (Å²) in [7, 11) is 2.23. The first-order valence-corrected chi connectivity index (χ1v) is 6.82. The van der Waals surface area contributed by atoms with Gasteiger partial charge in [0.1, 0.15) is 0 Å². The molecule has 0 aromatic carbocycles. The Morgan fingerprint density at radius 3 is 2.69 bits per heavy atom. The minimum atomic E-state index is 0.525. The molecular weight excluding hydrogens is 200 g/mol. The Morgan fingerprint density at radius 2 is 2.06 bits per heavy atom. The molecule has 0 amide bonds. The molecule has 3 heteroatoms. The van der Waals surface area contributed by atoms with Crippen molar-refractivity contribution < 1.29 is 4.74 Å². The monoisotopic (exact) mass is 224 g/mol. The van der Waals surface area contributed by atoms with Gasteiger partial charge in [-0.3, -0.25) is 0 Å². The fraction of sp³-hybridized carbons (Fsp3) is 1.00. The maximum Gasteiger partial charge on any atom is 0.0733 e. The van der Waals surface area contributed by atoms with Gasteiger partial charge in [0.15, 0.2) is 0 Å². The van der Waals surface area contributed by atoms with Crippen LogP contribution in [0.4, 0.5) is 0 Å². The van der Waals surface area contributed by atoms with E-state index in [-0.39, 0.29) is 0 Å². The lowest BCUT2D eigenvalue weighted by molar-refractivity contribution is 0.0904. The number of hydrogen-bond donors (Lipinski definition) is 1. The van der Waals surface area contributed by atoms with E-state index in [2.05, 4.69) is 24.2 Å². The van der Waals surface area contributed by atoms with Gasteiger partial charge in [-0.25, -0.2) is 0 Å². The van der Waals surface area contributed by atoms with E-state index in [0.717, 1.165) is 5.92 Å². The quantitative estimate of drug-likeness (QED) is 0.763. The van der Waals surface area contributed by atoms with Crippen LogP contribution in [0.25, 0.3) is 0 Å². The van der Waals surface area contributed by atoms with Gasteiger partial charge in [-0.2, -0.15) is 0 Å². The molecule has 3 nitrogen and oxygen atoms in total. The molecule has 3 aliphatic rings. The normalized spacial score (nSPS) is 48.8. The molecule has 3 rings (SSSR count). The van der Waals surface area contributed by atoms with Gasteiger partial charge >= 0.3 is 0 Å². The van der Waals surface area contributed by atoms with Crippen molar-refractivity contribution in [2.45, 2.75) is 56.9 Å². The lowest BCUT2D eigenvalue weighted by Crippen LogP contribution is -2.52. The van der Waals surface area contributed by atoms with Crippen LogP contribution in [-0.2, 0) is 4.74 Å². The number of piperidine rings is 1. The summed E-state index contributed by atoms with van der Waals surface area (Å²) < 4.78 is 5.91. The summed E-state index contributed by atoms with van der Waals surface area (Å²) in [5.41, 5.74) is 0. The van der Waals surface area contributed by atoms with Gasteiger partial charge in [0, 0.05) is 18.6 Å². The maximum atomic E-state index is 5.91. The summed E-state index contributed by atoms with van der Waals surface area (Å²) in [5, 5.41) is 3.87. The minimum absolute atomic E-state index is 0.525. The Balaban J connectivity index is 1.55. The molecule has 2 bridgehead atoms. The second-order valence-corrected chi connectivity index (χ2v) is 6.02. The number of hydrogen-bond acceptors (Lipinski definition) is 3. The highest BCUT2D eigenvalue weighted by atomic mass is 16.5. The number of nitrogens with one attached hydrogen (secondary N) is 1. The molecule has 0 aromatic rings. The van der Waals surface area contributed by atoms with Crippen molar-refractivity contribution in [3.63, 3.8) is 0 Å². The average molecular weight is 224 g/mol. The first kappa shape index (κ1) is 11.0. The van der Waals surface area contributed by atoms with Crippen LogP contribution in [0.2, 0.25) is 0 Å². The van der Waals surface area contributed by atoms with Crippen LogP contribution in [0.5, 0.6) is 0 Å². The third-order valence-corrected chi connectivity index (χ3v) is 4.64. The van der Waals surface area contributed by atoms with E-state index in [9.17, 15) is 0 Å². The summed E-state index contributed by atoms with van der Waals surface area (Å²) in [6, 6.07) is 1.36. The van der Waals surface area contributed by atoms with Crippen LogP contribution in [-0.4, -0.2) is 49.3 Å². The van der Waals surface area contributed by atoms with Gasteiger partial charge in [0.2, 0.25) is 0 Å². The fourth-order valence-corrected chi connectivity index (χ4v) is 3.69. The van der Waals surface area contributed by atoms with Gasteiger partial charge in [0.25, 0.3) is 0 Å². The molecule has 3 aliphatic heterocycles. The highest BCUT2D eigenvalue weighted by Gasteiger charge is 2.42. The van der Waals surface area contributed by atoms with Crippen LogP contribution in [0.15, 0.2) is 0 Å². The second-order valence-electron chi connectivity index (χ2n) is 6.02. The van der Waals surface area contributed by atoms with Crippen molar-refractivity contribution in [3.8, 4) is 0 Å². The molecule has 0 aromatic heterocycles.